The summed E-state index contributed by atoms with van der Waals surface area (Å²) in [7, 11) is 0. The fourth-order valence-corrected chi connectivity index (χ4v) is 2.84. The largest absolute Gasteiger partial charge is 0.385 e. The van der Waals surface area contributed by atoms with Crippen LogP contribution in [0.5, 0.6) is 0 Å². The van der Waals surface area contributed by atoms with Crippen LogP contribution in [0, 0.1) is 5.41 Å². The topological polar surface area (TPSA) is 46.2 Å². The number of nitrogens with two attached hydrogens (primary N) is 1. The van der Waals surface area contributed by atoms with Gasteiger partial charge in [-0.1, -0.05) is 38.1 Å². The van der Waals surface area contributed by atoms with E-state index in [-0.39, 0.29) is 5.41 Å². The molecule has 1 aliphatic carbocycles. The van der Waals surface area contributed by atoms with E-state index < -0.39 is 5.60 Å². The molecule has 0 amide bonds. The van der Waals surface area contributed by atoms with E-state index >= 15 is 0 Å². The zero-order valence-corrected chi connectivity index (χ0v) is 10.9. The predicted molar refractivity (Wildman–Crippen MR) is 70.7 cm³/mol. The maximum absolute atomic E-state index is 11.2. The van der Waals surface area contributed by atoms with Crippen LogP contribution >= 0.6 is 0 Å². The molecule has 1 unspecified atom stereocenters. The van der Waals surface area contributed by atoms with Gasteiger partial charge in [-0.05, 0) is 36.8 Å². The molecule has 0 spiro atoms. The Morgan fingerprint density at radius 1 is 1.29 bits per heavy atom. The number of aryl methyl sites for hydroxylation is 1. The summed E-state index contributed by atoms with van der Waals surface area (Å²) >= 11 is 0. The van der Waals surface area contributed by atoms with Gasteiger partial charge in [0.1, 0.15) is 0 Å². The van der Waals surface area contributed by atoms with E-state index in [4.69, 9.17) is 5.73 Å². The average molecular weight is 233 g/mol. The van der Waals surface area contributed by atoms with Crippen molar-refractivity contribution in [3.63, 3.8) is 0 Å². The van der Waals surface area contributed by atoms with Crippen molar-refractivity contribution >= 4 is 0 Å². The molecule has 1 aromatic carbocycles. The Morgan fingerprint density at radius 3 is 2.71 bits per heavy atom. The molecule has 3 N–H and O–H groups in total. The molecule has 0 saturated carbocycles. The maximum atomic E-state index is 11.2. The van der Waals surface area contributed by atoms with Crippen molar-refractivity contribution in [2.24, 2.45) is 11.1 Å². The third-order valence-electron chi connectivity index (χ3n) is 4.33. The molecule has 0 fully saturated rings. The summed E-state index contributed by atoms with van der Waals surface area (Å²) in [5.74, 6) is 0. The second kappa shape index (κ2) is 4.43. The van der Waals surface area contributed by atoms with Crippen LogP contribution in [0.3, 0.4) is 0 Å². The molecular weight excluding hydrogens is 210 g/mol. The van der Waals surface area contributed by atoms with Crippen LogP contribution in [0.4, 0.5) is 0 Å². The number of fused-ring (bicyclic) bond motifs is 1. The van der Waals surface area contributed by atoms with Gasteiger partial charge in [-0.2, -0.15) is 0 Å². The first-order valence-electron chi connectivity index (χ1n) is 6.52. The van der Waals surface area contributed by atoms with E-state index in [1.165, 1.54) is 5.56 Å². The summed E-state index contributed by atoms with van der Waals surface area (Å²) in [6.45, 7) is 4.63. The highest BCUT2D eigenvalue weighted by molar-refractivity contribution is 5.35. The first-order chi connectivity index (χ1) is 8.01. The Balaban J connectivity index is 2.54. The standard InChI is InChI=1S/C15H23NO/c1-14(2,11-16)15(17)10-6-5-8-12-7-3-4-9-13(12)15/h3-4,7,9,17H,5-6,8,10-11,16H2,1-2H3. The summed E-state index contributed by atoms with van der Waals surface area (Å²) < 4.78 is 0. The highest BCUT2D eigenvalue weighted by Gasteiger charge is 2.45. The Bertz CT molecular complexity index is 400. The zero-order chi connectivity index (χ0) is 12.5. The molecular formula is C15H23NO. The van der Waals surface area contributed by atoms with Crippen molar-refractivity contribution in [1.82, 2.24) is 0 Å². The lowest BCUT2D eigenvalue weighted by Crippen LogP contribution is -2.46. The maximum Gasteiger partial charge on any atom is 0.0961 e. The van der Waals surface area contributed by atoms with Crippen LogP contribution in [-0.2, 0) is 12.0 Å². The van der Waals surface area contributed by atoms with Crippen LogP contribution in [-0.4, -0.2) is 11.7 Å². The monoisotopic (exact) mass is 233 g/mol. The molecule has 0 radical (unpaired) electrons. The number of hydrogen-bond acceptors (Lipinski definition) is 2. The fourth-order valence-electron chi connectivity index (χ4n) is 2.84. The van der Waals surface area contributed by atoms with Crippen LogP contribution in [0.25, 0.3) is 0 Å². The second-order valence-corrected chi connectivity index (χ2v) is 5.81. The third kappa shape index (κ3) is 2.00. The Labute approximate surface area is 104 Å². The van der Waals surface area contributed by atoms with Gasteiger partial charge in [0.05, 0.1) is 5.60 Å². The van der Waals surface area contributed by atoms with Crippen molar-refractivity contribution in [3.05, 3.63) is 35.4 Å². The lowest BCUT2D eigenvalue weighted by Gasteiger charge is -2.43. The van der Waals surface area contributed by atoms with Crippen molar-refractivity contribution in [3.8, 4) is 0 Å². The third-order valence-corrected chi connectivity index (χ3v) is 4.33. The summed E-state index contributed by atoms with van der Waals surface area (Å²) in [6, 6.07) is 8.28. The molecule has 0 aliphatic heterocycles. The number of aliphatic hydroxyl groups is 1. The van der Waals surface area contributed by atoms with Gasteiger partial charge in [0, 0.05) is 12.0 Å². The van der Waals surface area contributed by atoms with E-state index in [9.17, 15) is 5.11 Å². The zero-order valence-electron chi connectivity index (χ0n) is 10.9. The lowest BCUT2D eigenvalue weighted by atomic mass is 9.68. The van der Waals surface area contributed by atoms with Gasteiger partial charge in [0.25, 0.3) is 0 Å². The molecule has 2 rings (SSSR count). The molecule has 0 saturated heterocycles. The minimum atomic E-state index is -0.783. The molecule has 0 aromatic heterocycles. The van der Waals surface area contributed by atoms with E-state index in [0.29, 0.717) is 6.54 Å². The second-order valence-electron chi connectivity index (χ2n) is 5.81. The lowest BCUT2D eigenvalue weighted by molar-refractivity contribution is -0.0761. The summed E-state index contributed by atoms with van der Waals surface area (Å²) in [4.78, 5) is 0. The number of rotatable bonds is 2. The fraction of sp³-hybridized carbons (Fsp3) is 0.600. The quantitative estimate of drug-likeness (QED) is 0.771. The van der Waals surface area contributed by atoms with Crippen molar-refractivity contribution in [2.45, 2.75) is 45.1 Å². The van der Waals surface area contributed by atoms with Gasteiger partial charge < -0.3 is 10.8 Å². The summed E-state index contributed by atoms with van der Waals surface area (Å²) in [6.07, 6.45) is 4.10. The molecule has 1 aliphatic rings. The molecule has 2 heteroatoms. The highest BCUT2D eigenvalue weighted by atomic mass is 16.3. The van der Waals surface area contributed by atoms with E-state index in [0.717, 1.165) is 31.2 Å². The smallest absolute Gasteiger partial charge is 0.0961 e. The van der Waals surface area contributed by atoms with Crippen LogP contribution in [0.1, 0.15) is 44.2 Å². The predicted octanol–water partition coefficient (Wildman–Crippen LogP) is 2.59. The van der Waals surface area contributed by atoms with Crippen LogP contribution < -0.4 is 5.73 Å². The van der Waals surface area contributed by atoms with E-state index in [1.807, 2.05) is 6.07 Å². The minimum Gasteiger partial charge on any atom is -0.385 e. The molecule has 0 heterocycles. The molecule has 1 atom stereocenters. The molecule has 2 nitrogen and oxygen atoms in total. The first kappa shape index (κ1) is 12.6. The van der Waals surface area contributed by atoms with Gasteiger partial charge in [-0.3, -0.25) is 0 Å². The molecule has 17 heavy (non-hydrogen) atoms. The summed E-state index contributed by atoms with van der Waals surface area (Å²) in [5.41, 5.74) is 7.18. The molecule has 94 valence electrons. The van der Waals surface area contributed by atoms with Crippen LogP contribution in [0.2, 0.25) is 0 Å². The van der Waals surface area contributed by atoms with Gasteiger partial charge >= 0.3 is 0 Å². The molecule has 0 bridgehead atoms. The van der Waals surface area contributed by atoms with Crippen LogP contribution in [0.15, 0.2) is 24.3 Å². The highest BCUT2D eigenvalue weighted by Crippen LogP contribution is 2.45. The number of hydrogen-bond donors (Lipinski definition) is 2. The van der Waals surface area contributed by atoms with E-state index in [2.05, 4.69) is 32.0 Å². The van der Waals surface area contributed by atoms with Gasteiger partial charge in [0.2, 0.25) is 0 Å². The van der Waals surface area contributed by atoms with Gasteiger partial charge in [0.15, 0.2) is 0 Å². The number of benzene rings is 1. The SMILES string of the molecule is CC(C)(CN)C1(O)CCCCc2ccccc21. The Morgan fingerprint density at radius 2 is 2.00 bits per heavy atom. The van der Waals surface area contributed by atoms with Crippen molar-refractivity contribution < 1.29 is 5.11 Å². The van der Waals surface area contributed by atoms with Gasteiger partial charge in [-0.15, -0.1) is 0 Å². The van der Waals surface area contributed by atoms with Crippen molar-refractivity contribution in [2.75, 3.05) is 6.54 Å². The minimum absolute atomic E-state index is 0.284. The summed E-state index contributed by atoms with van der Waals surface area (Å²) in [5, 5.41) is 11.2. The molecule has 1 aromatic rings. The Hall–Kier alpha value is -0.860. The Kier molecular flexibility index (Phi) is 3.28. The first-order valence-corrected chi connectivity index (χ1v) is 6.52. The normalized spacial score (nSPS) is 25.2. The van der Waals surface area contributed by atoms with E-state index in [1.54, 1.807) is 0 Å². The van der Waals surface area contributed by atoms with Crippen molar-refractivity contribution in [1.29, 1.82) is 0 Å². The average Bonchev–Trinajstić information content (AvgIpc) is 2.51. The van der Waals surface area contributed by atoms with Gasteiger partial charge in [-0.25, -0.2) is 0 Å².